The maximum atomic E-state index is 14.1. The summed E-state index contributed by atoms with van der Waals surface area (Å²) in [7, 11) is 0. The predicted molar refractivity (Wildman–Crippen MR) is 120 cm³/mol. The van der Waals surface area contributed by atoms with Crippen molar-refractivity contribution in [1.29, 1.82) is 0 Å². The number of benzene rings is 3. The molecule has 32 heavy (non-hydrogen) atoms. The van der Waals surface area contributed by atoms with Gasteiger partial charge in [-0.3, -0.25) is 4.79 Å². The van der Waals surface area contributed by atoms with E-state index in [-0.39, 0.29) is 22.6 Å². The molecule has 3 aromatic carbocycles. The van der Waals surface area contributed by atoms with Crippen LogP contribution in [0.25, 0.3) is 22.3 Å². The summed E-state index contributed by atoms with van der Waals surface area (Å²) in [5, 5.41) is -0.00529. The summed E-state index contributed by atoms with van der Waals surface area (Å²) in [6.07, 6.45) is -3.80. The lowest BCUT2D eigenvalue weighted by molar-refractivity contribution is -0.137. The first-order valence-electron chi connectivity index (χ1n) is 10.2. The topological polar surface area (TPSA) is 17.1 Å². The minimum absolute atomic E-state index is 0.00324. The van der Waals surface area contributed by atoms with Crippen molar-refractivity contribution in [2.24, 2.45) is 5.92 Å². The van der Waals surface area contributed by atoms with Gasteiger partial charge in [-0.25, -0.2) is 4.39 Å². The average molecular weight is 463 g/mol. The first-order chi connectivity index (χ1) is 15.0. The van der Waals surface area contributed by atoms with Gasteiger partial charge in [0, 0.05) is 5.92 Å². The smallest absolute Gasteiger partial charge is 0.299 e. The Kier molecular flexibility index (Phi) is 7.09. The first kappa shape index (κ1) is 24.0. The molecule has 168 valence electrons. The minimum atomic E-state index is -4.43. The fourth-order valence-corrected chi connectivity index (χ4v) is 3.84. The molecule has 0 aliphatic rings. The molecule has 0 aromatic heterocycles. The van der Waals surface area contributed by atoms with Gasteiger partial charge in [0.25, 0.3) is 0 Å². The molecule has 0 aliphatic carbocycles. The van der Waals surface area contributed by atoms with Gasteiger partial charge >= 0.3 is 6.18 Å². The van der Waals surface area contributed by atoms with Crippen LogP contribution in [0.2, 0.25) is 5.02 Å². The summed E-state index contributed by atoms with van der Waals surface area (Å²) in [6.45, 7) is 5.57. The van der Waals surface area contributed by atoms with Gasteiger partial charge in [-0.15, -0.1) is 0 Å². The molecule has 0 unspecified atom stereocenters. The van der Waals surface area contributed by atoms with Gasteiger partial charge in [-0.2, -0.15) is 13.2 Å². The number of hydrogen-bond acceptors (Lipinski definition) is 1. The number of hydrogen-bond donors (Lipinski definition) is 0. The number of halogens is 5. The quantitative estimate of drug-likeness (QED) is 0.335. The van der Waals surface area contributed by atoms with Crippen LogP contribution < -0.4 is 0 Å². The van der Waals surface area contributed by atoms with Crippen LogP contribution in [-0.4, -0.2) is 5.78 Å². The van der Waals surface area contributed by atoms with Gasteiger partial charge in [0.05, 0.1) is 10.6 Å². The van der Waals surface area contributed by atoms with Crippen LogP contribution in [0.3, 0.4) is 0 Å². The number of ketones is 1. The van der Waals surface area contributed by atoms with Crippen molar-refractivity contribution in [3.8, 4) is 22.3 Å². The summed E-state index contributed by atoms with van der Waals surface area (Å²) in [5.74, 6) is -0.692. The van der Waals surface area contributed by atoms with Crippen LogP contribution in [-0.2, 0) is 11.0 Å². The second-order valence-electron chi connectivity index (χ2n) is 8.34. The molecule has 0 fully saturated rings. The van der Waals surface area contributed by atoms with E-state index in [2.05, 4.69) is 0 Å². The fraction of sp³-hybridized carbons (Fsp3) is 0.269. The van der Waals surface area contributed by atoms with E-state index in [4.69, 9.17) is 11.6 Å². The van der Waals surface area contributed by atoms with Gasteiger partial charge < -0.3 is 0 Å². The van der Waals surface area contributed by atoms with E-state index >= 15 is 0 Å². The molecule has 0 radical (unpaired) electrons. The van der Waals surface area contributed by atoms with E-state index in [1.54, 1.807) is 12.1 Å². The number of rotatable bonds is 6. The molecule has 0 spiro atoms. The van der Waals surface area contributed by atoms with Crippen LogP contribution in [0, 0.1) is 11.7 Å². The maximum Gasteiger partial charge on any atom is 0.416 e. The summed E-state index contributed by atoms with van der Waals surface area (Å²) >= 11 is 5.82. The van der Waals surface area contributed by atoms with Crippen molar-refractivity contribution in [3.05, 3.63) is 82.6 Å². The summed E-state index contributed by atoms with van der Waals surface area (Å²) < 4.78 is 53.0. The molecule has 0 saturated heterocycles. The average Bonchev–Trinajstić information content (AvgIpc) is 2.73. The Balaban J connectivity index is 2.17. The molecule has 0 N–H and O–H groups in total. The Bertz CT molecular complexity index is 1120. The highest BCUT2D eigenvalue weighted by molar-refractivity contribution is 6.30. The Morgan fingerprint density at radius 2 is 1.44 bits per heavy atom. The van der Waals surface area contributed by atoms with Gasteiger partial charge in [-0.1, -0.05) is 55.8 Å². The van der Waals surface area contributed by atoms with Crippen molar-refractivity contribution < 1.29 is 22.4 Å². The Hall–Kier alpha value is -2.66. The Labute approximate surface area is 190 Å². The second kappa shape index (κ2) is 9.45. The first-order valence-corrected chi connectivity index (χ1v) is 10.6. The molecule has 0 bridgehead atoms. The number of Topliss-reactive ketones (excluding diaryl/α,β-unsaturated/α-hetero) is 1. The molecule has 3 aromatic rings. The molecule has 1 nitrogen and oxygen atoms in total. The van der Waals surface area contributed by atoms with Crippen LogP contribution in [0.5, 0.6) is 0 Å². The largest absolute Gasteiger partial charge is 0.416 e. The summed E-state index contributed by atoms with van der Waals surface area (Å²) in [6, 6.07) is 14.7. The second-order valence-corrected chi connectivity index (χ2v) is 8.75. The lowest BCUT2D eigenvalue weighted by Gasteiger charge is -2.19. The fourth-order valence-electron chi connectivity index (χ4n) is 3.72. The molecule has 0 saturated carbocycles. The highest BCUT2D eigenvalue weighted by atomic mass is 35.5. The maximum absolute atomic E-state index is 14.1. The molecule has 6 heteroatoms. The van der Waals surface area contributed by atoms with Gasteiger partial charge in [-0.05, 0) is 77.4 Å². The lowest BCUT2D eigenvalue weighted by atomic mass is 9.84. The molecular weight excluding hydrogens is 440 g/mol. The predicted octanol–water partition coefficient (Wildman–Crippen LogP) is 8.55. The molecule has 0 aliphatic heterocycles. The number of carbonyl (C=O) groups excluding carboxylic acids is 1. The van der Waals surface area contributed by atoms with Gasteiger partial charge in [0.15, 0.2) is 0 Å². The zero-order valence-electron chi connectivity index (χ0n) is 17.9. The van der Waals surface area contributed by atoms with Crippen molar-refractivity contribution in [2.75, 3.05) is 0 Å². The highest BCUT2D eigenvalue weighted by Gasteiger charge is 2.30. The van der Waals surface area contributed by atoms with Crippen LogP contribution in [0.15, 0.2) is 60.7 Å². The standard InChI is InChI=1S/C26H23ClF4O/c1-15(2)10-23(16(3)32)21-12-19(17-4-7-22(8-5-17)26(29,30)31)11-20(13-21)18-6-9-24(27)25(28)14-18/h4-9,11-15,23H,10H2,1-3H3/t23-/m0/s1. The Morgan fingerprint density at radius 1 is 0.875 bits per heavy atom. The summed E-state index contributed by atoms with van der Waals surface area (Å²) in [5.41, 5.74) is 2.45. The zero-order valence-corrected chi connectivity index (χ0v) is 18.7. The molecule has 3 rings (SSSR count). The molecular formula is C26H23ClF4O. The lowest BCUT2D eigenvalue weighted by Crippen LogP contribution is -2.12. The molecule has 0 amide bonds. The highest BCUT2D eigenvalue weighted by Crippen LogP contribution is 2.36. The third kappa shape index (κ3) is 5.57. The summed E-state index contributed by atoms with van der Waals surface area (Å²) in [4.78, 5) is 12.4. The van der Waals surface area contributed by atoms with E-state index in [0.29, 0.717) is 28.7 Å². The number of alkyl halides is 3. The van der Waals surface area contributed by atoms with E-state index in [1.807, 2.05) is 26.0 Å². The van der Waals surface area contributed by atoms with Crippen molar-refractivity contribution >= 4 is 17.4 Å². The van der Waals surface area contributed by atoms with E-state index in [0.717, 1.165) is 17.7 Å². The van der Waals surface area contributed by atoms with E-state index in [1.165, 1.54) is 31.2 Å². The monoisotopic (exact) mass is 462 g/mol. The van der Waals surface area contributed by atoms with E-state index in [9.17, 15) is 22.4 Å². The third-order valence-corrected chi connectivity index (χ3v) is 5.66. The SMILES string of the molecule is CC(=O)[C@H](CC(C)C)c1cc(-c2ccc(C(F)(F)F)cc2)cc(-c2ccc(Cl)c(F)c2)c1. The van der Waals surface area contributed by atoms with E-state index < -0.39 is 17.6 Å². The minimum Gasteiger partial charge on any atom is -0.299 e. The van der Waals surface area contributed by atoms with Gasteiger partial charge in [0.2, 0.25) is 0 Å². The van der Waals surface area contributed by atoms with Crippen molar-refractivity contribution in [3.63, 3.8) is 0 Å². The van der Waals surface area contributed by atoms with Crippen LogP contribution in [0.1, 0.15) is 44.2 Å². The molecule has 1 atom stereocenters. The Morgan fingerprint density at radius 3 is 1.94 bits per heavy atom. The molecule has 0 heterocycles. The third-order valence-electron chi connectivity index (χ3n) is 5.35. The van der Waals surface area contributed by atoms with Crippen LogP contribution in [0.4, 0.5) is 17.6 Å². The number of carbonyl (C=O) groups is 1. The van der Waals surface area contributed by atoms with Crippen molar-refractivity contribution in [1.82, 2.24) is 0 Å². The normalized spacial score (nSPS) is 12.8. The van der Waals surface area contributed by atoms with Crippen molar-refractivity contribution in [2.45, 2.75) is 39.3 Å². The zero-order chi connectivity index (χ0) is 23.6. The van der Waals surface area contributed by atoms with Gasteiger partial charge in [0.1, 0.15) is 11.6 Å². The van der Waals surface area contributed by atoms with Crippen LogP contribution >= 0.6 is 11.6 Å².